The predicted molar refractivity (Wildman–Crippen MR) is 69.9 cm³/mol. The lowest BCUT2D eigenvalue weighted by Gasteiger charge is -2.38. The standard InChI is InChI=1S/C13H15N3O3/c1-13(17)5-2-6-15(9-13)11-3-4-12(16(18)19)10(7-11)8-14/h3-4,7,17H,2,5-6,9H2,1H3/t13-/m0/s1. The number of hydrogen-bond acceptors (Lipinski definition) is 5. The molecule has 0 spiro atoms. The summed E-state index contributed by atoms with van der Waals surface area (Å²) in [6.45, 7) is 3.02. The second-order valence-electron chi connectivity index (χ2n) is 5.09. The smallest absolute Gasteiger partial charge is 0.287 e. The van der Waals surface area contributed by atoms with Crippen molar-refractivity contribution in [3.63, 3.8) is 0 Å². The highest BCUT2D eigenvalue weighted by atomic mass is 16.6. The molecule has 1 aromatic rings. The maximum Gasteiger partial charge on any atom is 0.287 e. The lowest BCUT2D eigenvalue weighted by Crippen LogP contribution is -2.46. The van der Waals surface area contributed by atoms with E-state index in [9.17, 15) is 15.2 Å². The zero-order chi connectivity index (χ0) is 14.0. The molecule has 0 saturated carbocycles. The van der Waals surface area contributed by atoms with Crippen LogP contribution in [0, 0.1) is 21.4 Å². The van der Waals surface area contributed by atoms with E-state index in [0.29, 0.717) is 6.54 Å². The van der Waals surface area contributed by atoms with E-state index in [-0.39, 0.29) is 11.3 Å². The highest BCUT2D eigenvalue weighted by Crippen LogP contribution is 2.29. The van der Waals surface area contributed by atoms with Gasteiger partial charge in [0, 0.05) is 24.8 Å². The van der Waals surface area contributed by atoms with E-state index in [1.54, 1.807) is 13.0 Å². The zero-order valence-corrected chi connectivity index (χ0v) is 10.7. The van der Waals surface area contributed by atoms with E-state index < -0.39 is 10.5 Å². The largest absolute Gasteiger partial charge is 0.388 e. The van der Waals surface area contributed by atoms with Crippen LogP contribution in [0.2, 0.25) is 0 Å². The van der Waals surface area contributed by atoms with Gasteiger partial charge in [0.25, 0.3) is 5.69 Å². The average Bonchev–Trinajstić information content (AvgIpc) is 2.36. The van der Waals surface area contributed by atoms with Gasteiger partial charge in [-0.15, -0.1) is 0 Å². The normalized spacial score (nSPS) is 22.9. The predicted octanol–water partition coefficient (Wildman–Crippen LogP) is 1.82. The number of nitrogens with zero attached hydrogens (tertiary/aromatic N) is 3. The number of nitriles is 1. The Morgan fingerprint density at radius 2 is 2.32 bits per heavy atom. The quantitative estimate of drug-likeness (QED) is 0.647. The SMILES string of the molecule is C[C@]1(O)CCCN(c2ccc([N+](=O)[O-])c(C#N)c2)C1. The molecule has 1 saturated heterocycles. The monoisotopic (exact) mass is 261 g/mol. The van der Waals surface area contributed by atoms with Crippen molar-refractivity contribution in [1.29, 1.82) is 5.26 Å². The van der Waals surface area contributed by atoms with Gasteiger partial charge in [0.05, 0.1) is 10.5 Å². The molecular weight excluding hydrogens is 246 g/mol. The van der Waals surface area contributed by atoms with Gasteiger partial charge in [-0.3, -0.25) is 10.1 Å². The maximum absolute atomic E-state index is 10.8. The molecule has 0 amide bonds. The van der Waals surface area contributed by atoms with Crippen LogP contribution in [0.5, 0.6) is 0 Å². The second kappa shape index (κ2) is 4.86. The first-order valence-corrected chi connectivity index (χ1v) is 6.09. The van der Waals surface area contributed by atoms with Crippen LogP contribution >= 0.6 is 0 Å². The second-order valence-corrected chi connectivity index (χ2v) is 5.09. The Balaban J connectivity index is 2.31. The Kier molecular flexibility index (Phi) is 3.40. The Labute approximate surface area is 111 Å². The highest BCUT2D eigenvalue weighted by Gasteiger charge is 2.29. The minimum absolute atomic E-state index is 0.0488. The van der Waals surface area contributed by atoms with Gasteiger partial charge in [-0.25, -0.2) is 0 Å². The molecule has 0 aliphatic carbocycles. The van der Waals surface area contributed by atoms with Gasteiger partial charge in [0.15, 0.2) is 0 Å². The van der Waals surface area contributed by atoms with E-state index in [1.165, 1.54) is 12.1 Å². The third kappa shape index (κ3) is 2.83. The molecule has 1 aliphatic rings. The molecule has 100 valence electrons. The fourth-order valence-corrected chi connectivity index (χ4v) is 2.41. The average molecular weight is 261 g/mol. The summed E-state index contributed by atoms with van der Waals surface area (Å²) in [4.78, 5) is 12.2. The van der Waals surface area contributed by atoms with Crippen LogP contribution in [0.3, 0.4) is 0 Å². The van der Waals surface area contributed by atoms with Crippen LogP contribution in [0.4, 0.5) is 11.4 Å². The molecular formula is C13H15N3O3. The summed E-state index contributed by atoms with van der Waals surface area (Å²) in [5, 5.41) is 29.8. The Hall–Kier alpha value is -2.13. The van der Waals surface area contributed by atoms with Crippen molar-refractivity contribution >= 4 is 11.4 Å². The first-order valence-electron chi connectivity index (χ1n) is 6.09. The van der Waals surface area contributed by atoms with Crippen molar-refractivity contribution in [3.05, 3.63) is 33.9 Å². The molecule has 1 aromatic carbocycles. The summed E-state index contributed by atoms with van der Waals surface area (Å²) in [6.07, 6.45) is 1.59. The molecule has 1 heterocycles. The van der Waals surface area contributed by atoms with Gasteiger partial charge in [-0.2, -0.15) is 5.26 Å². The molecule has 0 radical (unpaired) electrons. The van der Waals surface area contributed by atoms with Crippen LogP contribution in [-0.4, -0.2) is 28.7 Å². The maximum atomic E-state index is 10.8. The first kappa shape index (κ1) is 13.3. The van der Waals surface area contributed by atoms with Gasteiger partial charge < -0.3 is 10.0 Å². The molecule has 1 atom stereocenters. The van der Waals surface area contributed by atoms with Gasteiger partial charge in [-0.05, 0) is 31.9 Å². The number of β-amino-alcohol motifs (C(OH)–C–C–N with tert-alkyl or cyclic N) is 1. The Bertz CT molecular complexity index is 549. The molecule has 1 aliphatic heterocycles. The number of rotatable bonds is 2. The third-order valence-corrected chi connectivity index (χ3v) is 3.34. The Morgan fingerprint density at radius 1 is 1.58 bits per heavy atom. The molecule has 6 heteroatoms. The van der Waals surface area contributed by atoms with E-state index in [0.717, 1.165) is 25.1 Å². The molecule has 0 unspecified atom stereocenters. The van der Waals surface area contributed by atoms with E-state index in [4.69, 9.17) is 5.26 Å². The third-order valence-electron chi connectivity index (χ3n) is 3.34. The van der Waals surface area contributed by atoms with Crippen LogP contribution in [0.15, 0.2) is 18.2 Å². The van der Waals surface area contributed by atoms with Crippen molar-refractivity contribution in [3.8, 4) is 6.07 Å². The van der Waals surface area contributed by atoms with Crippen molar-refractivity contribution in [2.75, 3.05) is 18.0 Å². The van der Waals surface area contributed by atoms with Gasteiger partial charge in [-0.1, -0.05) is 0 Å². The summed E-state index contributed by atoms with van der Waals surface area (Å²) >= 11 is 0. The van der Waals surface area contributed by atoms with Crippen LogP contribution < -0.4 is 4.90 Å². The minimum atomic E-state index is -0.757. The fourth-order valence-electron chi connectivity index (χ4n) is 2.41. The van der Waals surface area contributed by atoms with Gasteiger partial charge in [0.2, 0.25) is 0 Å². The summed E-state index contributed by atoms with van der Waals surface area (Å²) in [7, 11) is 0. The number of benzene rings is 1. The van der Waals surface area contributed by atoms with Crippen molar-refractivity contribution in [2.45, 2.75) is 25.4 Å². The number of hydrogen-bond donors (Lipinski definition) is 1. The Morgan fingerprint density at radius 3 is 2.89 bits per heavy atom. The topological polar surface area (TPSA) is 90.4 Å². The molecule has 1 fully saturated rings. The van der Waals surface area contributed by atoms with Gasteiger partial charge in [0.1, 0.15) is 11.6 Å². The number of aliphatic hydroxyl groups is 1. The summed E-state index contributed by atoms with van der Waals surface area (Å²) in [6, 6.07) is 6.33. The van der Waals surface area contributed by atoms with E-state index in [2.05, 4.69) is 0 Å². The highest BCUT2D eigenvalue weighted by molar-refractivity contribution is 5.60. The summed E-state index contributed by atoms with van der Waals surface area (Å²) < 4.78 is 0. The van der Waals surface area contributed by atoms with Crippen molar-refractivity contribution in [2.24, 2.45) is 0 Å². The van der Waals surface area contributed by atoms with Crippen molar-refractivity contribution in [1.82, 2.24) is 0 Å². The summed E-state index contributed by atoms with van der Waals surface area (Å²) in [5.41, 5.74) is -0.155. The minimum Gasteiger partial charge on any atom is -0.388 e. The van der Waals surface area contributed by atoms with Crippen LogP contribution in [-0.2, 0) is 0 Å². The zero-order valence-electron chi connectivity index (χ0n) is 10.7. The molecule has 0 aromatic heterocycles. The fraction of sp³-hybridized carbons (Fsp3) is 0.462. The molecule has 1 N–H and O–H groups in total. The van der Waals surface area contributed by atoms with Crippen LogP contribution in [0.1, 0.15) is 25.3 Å². The number of nitro benzene ring substituents is 1. The van der Waals surface area contributed by atoms with Gasteiger partial charge >= 0.3 is 0 Å². The lowest BCUT2D eigenvalue weighted by atomic mass is 9.94. The van der Waals surface area contributed by atoms with Crippen LogP contribution in [0.25, 0.3) is 0 Å². The first-order chi connectivity index (χ1) is 8.93. The molecule has 19 heavy (non-hydrogen) atoms. The number of anilines is 1. The molecule has 6 nitrogen and oxygen atoms in total. The molecule has 0 bridgehead atoms. The van der Waals surface area contributed by atoms with E-state index in [1.807, 2.05) is 11.0 Å². The lowest BCUT2D eigenvalue weighted by molar-refractivity contribution is -0.385. The summed E-state index contributed by atoms with van der Waals surface area (Å²) in [5.74, 6) is 0. The molecule has 2 rings (SSSR count). The number of piperidine rings is 1. The van der Waals surface area contributed by atoms with E-state index >= 15 is 0 Å². The van der Waals surface area contributed by atoms with Crippen molar-refractivity contribution < 1.29 is 10.0 Å². The number of nitro groups is 1.